The smallest absolute Gasteiger partial charge is 0.295 e. The molecule has 1 saturated heterocycles. The van der Waals surface area contributed by atoms with Crippen LogP contribution >= 0.6 is 11.6 Å². The molecule has 146 valence electrons. The second kappa shape index (κ2) is 8.46. The summed E-state index contributed by atoms with van der Waals surface area (Å²) in [4.78, 5) is 26.8. The number of ketones is 1. The van der Waals surface area contributed by atoms with Crippen molar-refractivity contribution in [1.29, 1.82) is 0 Å². The first-order chi connectivity index (χ1) is 13.4. The number of carbonyl (C=O) groups excluding carboxylic acids is 2. The average Bonchev–Trinajstić information content (AvgIpc) is 2.93. The van der Waals surface area contributed by atoms with Gasteiger partial charge >= 0.3 is 0 Å². The first-order valence-corrected chi connectivity index (χ1v) is 9.14. The molecule has 1 aliphatic heterocycles. The largest absolute Gasteiger partial charge is 0.508 e. The Labute approximate surface area is 167 Å². The second-order valence-corrected chi connectivity index (χ2v) is 6.88. The highest BCUT2D eigenvalue weighted by molar-refractivity contribution is 6.46. The van der Waals surface area contributed by atoms with Crippen molar-refractivity contribution in [3.8, 4) is 5.75 Å². The quantitative estimate of drug-likeness (QED) is 0.335. The van der Waals surface area contributed by atoms with Crippen molar-refractivity contribution >= 4 is 29.1 Å². The van der Waals surface area contributed by atoms with Crippen LogP contribution in [-0.2, 0) is 14.3 Å². The molecule has 7 heteroatoms. The Balaban J connectivity index is 2.12. The number of likely N-dealkylation sites (tertiary alicyclic amines) is 1. The fourth-order valence-electron chi connectivity index (χ4n) is 3.29. The Kier molecular flexibility index (Phi) is 6.02. The van der Waals surface area contributed by atoms with Crippen molar-refractivity contribution in [2.45, 2.75) is 12.5 Å². The van der Waals surface area contributed by atoms with Crippen LogP contribution in [0.25, 0.3) is 5.76 Å². The van der Waals surface area contributed by atoms with Gasteiger partial charge in [0.05, 0.1) is 11.6 Å². The van der Waals surface area contributed by atoms with Gasteiger partial charge in [0.25, 0.3) is 11.7 Å². The third kappa shape index (κ3) is 3.88. The molecule has 6 nitrogen and oxygen atoms in total. The lowest BCUT2D eigenvalue weighted by atomic mass is 9.95. The highest BCUT2D eigenvalue weighted by Crippen LogP contribution is 2.40. The monoisotopic (exact) mass is 401 g/mol. The zero-order valence-electron chi connectivity index (χ0n) is 15.3. The first-order valence-electron chi connectivity index (χ1n) is 8.76. The number of nitrogens with zero attached hydrogens (tertiary/aromatic N) is 1. The van der Waals surface area contributed by atoms with Crippen LogP contribution in [0.5, 0.6) is 5.75 Å². The number of hydrogen-bond acceptors (Lipinski definition) is 5. The van der Waals surface area contributed by atoms with E-state index in [0.717, 1.165) is 0 Å². The maximum atomic E-state index is 12.8. The Hall–Kier alpha value is -2.83. The third-order valence-corrected chi connectivity index (χ3v) is 4.84. The van der Waals surface area contributed by atoms with Gasteiger partial charge in [-0.2, -0.15) is 0 Å². The molecule has 0 aliphatic carbocycles. The van der Waals surface area contributed by atoms with Gasteiger partial charge in [0.15, 0.2) is 0 Å². The number of amides is 1. The Bertz CT molecular complexity index is 923. The van der Waals surface area contributed by atoms with Gasteiger partial charge in [0.1, 0.15) is 11.5 Å². The van der Waals surface area contributed by atoms with Crippen LogP contribution in [0.4, 0.5) is 0 Å². The molecule has 3 rings (SSSR count). The van der Waals surface area contributed by atoms with Gasteiger partial charge < -0.3 is 19.8 Å². The molecule has 1 heterocycles. The molecule has 0 radical (unpaired) electrons. The number of hydrogen-bond donors (Lipinski definition) is 2. The van der Waals surface area contributed by atoms with E-state index in [1.165, 1.54) is 17.0 Å². The number of halogens is 1. The Morgan fingerprint density at radius 1 is 1.18 bits per heavy atom. The molecule has 0 spiro atoms. The van der Waals surface area contributed by atoms with Gasteiger partial charge in [-0.25, -0.2) is 0 Å². The molecule has 28 heavy (non-hydrogen) atoms. The van der Waals surface area contributed by atoms with Gasteiger partial charge in [0, 0.05) is 30.8 Å². The van der Waals surface area contributed by atoms with Gasteiger partial charge in [-0.15, -0.1) is 0 Å². The number of Topliss-reactive ketones (excluding diaryl/α,β-unsaturated/α-hetero) is 1. The van der Waals surface area contributed by atoms with E-state index >= 15 is 0 Å². The number of ether oxygens (including phenoxy) is 1. The van der Waals surface area contributed by atoms with Crippen molar-refractivity contribution in [2.24, 2.45) is 0 Å². The van der Waals surface area contributed by atoms with Gasteiger partial charge in [-0.05, 0) is 48.4 Å². The first kappa shape index (κ1) is 19.9. The molecule has 2 aromatic carbocycles. The maximum Gasteiger partial charge on any atom is 0.295 e. The van der Waals surface area contributed by atoms with E-state index in [2.05, 4.69) is 0 Å². The predicted molar refractivity (Wildman–Crippen MR) is 105 cm³/mol. The molecular weight excluding hydrogens is 382 g/mol. The zero-order chi connectivity index (χ0) is 20.3. The van der Waals surface area contributed by atoms with Crippen LogP contribution in [0.1, 0.15) is 23.6 Å². The standard InChI is InChI=1S/C21H20ClNO5/c1-28-11-3-10-23-18(14-4-2-5-16(24)12-14)17(20(26)21(23)27)19(25)13-6-8-15(22)9-7-13/h2,4-9,12,18,24-25H,3,10-11H2,1H3/b19-17+. The minimum Gasteiger partial charge on any atom is -0.508 e. The van der Waals surface area contributed by atoms with Crippen LogP contribution in [0.15, 0.2) is 54.1 Å². The summed E-state index contributed by atoms with van der Waals surface area (Å²) in [5, 5.41) is 21.2. The van der Waals surface area contributed by atoms with Crippen molar-refractivity contribution < 1.29 is 24.5 Å². The average molecular weight is 402 g/mol. The van der Waals surface area contributed by atoms with Crippen LogP contribution in [-0.4, -0.2) is 47.1 Å². The van der Waals surface area contributed by atoms with Crippen LogP contribution in [0.3, 0.4) is 0 Å². The van der Waals surface area contributed by atoms with E-state index in [4.69, 9.17) is 16.3 Å². The van der Waals surface area contributed by atoms with Crippen molar-refractivity contribution in [3.63, 3.8) is 0 Å². The fourth-order valence-corrected chi connectivity index (χ4v) is 3.42. The molecule has 2 aromatic rings. The van der Waals surface area contributed by atoms with Crippen LogP contribution < -0.4 is 0 Å². The fraction of sp³-hybridized carbons (Fsp3) is 0.238. The minimum atomic E-state index is -0.806. The Morgan fingerprint density at radius 2 is 1.89 bits per heavy atom. The zero-order valence-corrected chi connectivity index (χ0v) is 16.0. The molecule has 0 saturated carbocycles. The second-order valence-electron chi connectivity index (χ2n) is 6.44. The van der Waals surface area contributed by atoms with Crippen molar-refractivity contribution in [2.75, 3.05) is 20.3 Å². The number of carbonyl (C=O) groups is 2. The minimum absolute atomic E-state index is 0.00599. The SMILES string of the molecule is COCCCN1C(=O)C(=O)/C(=C(/O)c2ccc(Cl)cc2)C1c1cccc(O)c1. The molecular formula is C21H20ClNO5. The van der Waals surface area contributed by atoms with Crippen molar-refractivity contribution in [1.82, 2.24) is 4.90 Å². The molecule has 1 unspecified atom stereocenters. The van der Waals surface area contributed by atoms with E-state index in [9.17, 15) is 19.8 Å². The maximum absolute atomic E-state index is 12.8. The topological polar surface area (TPSA) is 87.1 Å². The number of phenols is 1. The number of rotatable bonds is 6. The van der Waals surface area contributed by atoms with Gasteiger partial charge in [-0.3, -0.25) is 9.59 Å². The highest BCUT2D eigenvalue weighted by atomic mass is 35.5. The van der Waals surface area contributed by atoms with Crippen LogP contribution in [0.2, 0.25) is 5.02 Å². The van der Waals surface area contributed by atoms with Crippen LogP contribution in [0, 0.1) is 0 Å². The van der Waals surface area contributed by atoms with E-state index < -0.39 is 17.7 Å². The molecule has 1 atom stereocenters. The van der Waals surface area contributed by atoms with Gasteiger partial charge in [0.2, 0.25) is 0 Å². The molecule has 0 bridgehead atoms. The number of aliphatic hydroxyl groups excluding tert-OH is 1. The van der Waals surface area contributed by atoms with E-state index in [-0.39, 0.29) is 23.6 Å². The summed E-state index contributed by atoms with van der Waals surface area (Å²) < 4.78 is 5.04. The summed E-state index contributed by atoms with van der Waals surface area (Å²) in [6.07, 6.45) is 0.528. The lowest BCUT2D eigenvalue weighted by Crippen LogP contribution is -2.31. The summed E-state index contributed by atoms with van der Waals surface area (Å²) in [5.74, 6) is -1.73. The van der Waals surface area contributed by atoms with Crippen molar-refractivity contribution in [3.05, 3.63) is 70.3 Å². The van der Waals surface area contributed by atoms with Gasteiger partial charge in [-0.1, -0.05) is 23.7 Å². The Morgan fingerprint density at radius 3 is 2.54 bits per heavy atom. The van der Waals surface area contributed by atoms with E-state index in [0.29, 0.717) is 29.2 Å². The van der Waals surface area contributed by atoms with E-state index in [1.54, 1.807) is 43.5 Å². The number of aliphatic hydroxyl groups is 1. The highest BCUT2D eigenvalue weighted by Gasteiger charge is 2.45. The number of benzene rings is 2. The summed E-state index contributed by atoms with van der Waals surface area (Å²) >= 11 is 5.90. The number of methoxy groups -OCH3 is 1. The lowest BCUT2D eigenvalue weighted by Gasteiger charge is -2.25. The molecule has 1 aliphatic rings. The summed E-state index contributed by atoms with van der Waals surface area (Å²) in [7, 11) is 1.56. The summed E-state index contributed by atoms with van der Waals surface area (Å²) in [5.41, 5.74) is 0.895. The predicted octanol–water partition coefficient (Wildman–Crippen LogP) is 3.50. The number of phenolic OH excluding ortho intramolecular Hbond substituents is 1. The summed E-state index contributed by atoms with van der Waals surface area (Å²) in [6, 6.07) is 11.8. The molecule has 0 aromatic heterocycles. The molecule has 2 N–H and O–H groups in total. The normalized spacial score (nSPS) is 18.6. The molecule has 1 amide bonds. The third-order valence-electron chi connectivity index (χ3n) is 4.59. The number of aromatic hydroxyl groups is 1. The summed E-state index contributed by atoms with van der Waals surface area (Å²) in [6.45, 7) is 0.697. The molecule has 1 fully saturated rings. The lowest BCUT2D eigenvalue weighted by molar-refractivity contribution is -0.140. The van der Waals surface area contributed by atoms with E-state index in [1.807, 2.05) is 0 Å².